The molecule has 1 aliphatic rings. The number of ether oxygens (including phenoxy) is 1. The Morgan fingerprint density at radius 3 is 3.14 bits per heavy atom. The van der Waals surface area contributed by atoms with Crippen LogP contribution in [-0.4, -0.2) is 59.0 Å². The van der Waals surface area contributed by atoms with Crippen LogP contribution >= 0.6 is 0 Å². The monoisotopic (exact) mass is 292 g/mol. The molecule has 1 amide bonds. The molecule has 2 rings (SSSR count). The third kappa shape index (κ3) is 4.41. The highest BCUT2D eigenvalue weighted by molar-refractivity contribution is 5.93. The highest BCUT2D eigenvalue weighted by Crippen LogP contribution is 2.11. The normalized spacial score (nSPS) is 19.7. The van der Waals surface area contributed by atoms with Gasteiger partial charge in [0.25, 0.3) is 5.91 Å². The van der Waals surface area contributed by atoms with Gasteiger partial charge in [0.05, 0.1) is 24.5 Å². The summed E-state index contributed by atoms with van der Waals surface area (Å²) in [5, 5.41) is 6.89. The number of morpholine rings is 1. The first-order valence-corrected chi connectivity index (χ1v) is 7.40. The first kappa shape index (κ1) is 15.7. The zero-order chi connectivity index (χ0) is 15.2. The fraction of sp³-hybridized carbons (Fsp3) is 0.600. The molecule has 1 saturated heterocycles. The number of hydrogen-bond acceptors (Lipinski definition) is 4. The predicted octanol–water partition coefficient (Wildman–Crippen LogP) is 1.21. The average molecular weight is 292 g/mol. The average Bonchev–Trinajstić information content (AvgIpc) is 2.96. The molecule has 0 unspecified atom stereocenters. The van der Waals surface area contributed by atoms with Crippen molar-refractivity contribution in [3.8, 4) is 0 Å². The number of carbonyl (C=O) groups is 1. The molecule has 1 fully saturated rings. The molecular weight excluding hydrogens is 268 g/mol. The summed E-state index contributed by atoms with van der Waals surface area (Å²) in [4.78, 5) is 14.3. The van der Waals surface area contributed by atoms with Crippen LogP contribution in [0.25, 0.3) is 6.20 Å². The summed E-state index contributed by atoms with van der Waals surface area (Å²) in [6.07, 6.45) is 5.75. The maximum absolute atomic E-state index is 11.9. The Kier molecular flexibility index (Phi) is 5.52. The molecule has 1 aromatic heterocycles. The third-order valence-electron chi connectivity index (χ3n) is 3.70. The quantitative estimate of drug-likeness (QED) is 0.856. The van der Waals surface area contributed by atoms with Crippen molar-refractivity contribution in [3.05, 3.63) is 24.5 Å². The molecule has 0 aromatic carbocycles. The first-order chi connectivity index (χ1) is 10.1. The lowest BCUT2D eigenvalue weighted by Crippen LogP contribution is -2.46. The van der Waals surface area contributed by atoms with Crippen LogP contribution < -0.4 is 5.32 Å². The van der Waals surface area contributed by atoms with Gasteiger partial charge in [-0.25, -0.2) is 4.68 Å². The molecule has 0 radical (unpaired) electrons. The Morgan fingerprint density at radius 1 is 1.67 bits per heavy atom. The van der Waals surface area contributed by atoms with Gasteiger partial charge in [-0.05, 0) is 20.3 Å². The number of nitrogens with one attached hydrogen (secondary N) is 1. The second-order valence-corrected chi connectivity index (χ2v) is 5.52. The summed E-state index contributed by atoms with van der Waals surface area (Å²) in [6.45, 7) is 11.3. The van der Waals surface area contributed by atoms with Crippen LogP contribution in [-0.2, 0) is 4.74 Å². The molecule has 1 atom stereocenters. The SMILES string of the molecule is C=Cn1cc(C(=O)NCC[C@H]2CN(C(C)C)CCO2)cn1. The van der Waals surface area contributed by atoms with Gasteiger partial charge < -0.3 is 10.1 Å². The van der Waals surface area contributed by atoms with E-state index >= 15 is 0 Å². The largest absolute Gasteiger partial charge is 0.375 e. The van der Waals surface area contributed by atoms with Gasteiger partial charge in [0.15, 0.2) is 0 Å². The minimum atomic E-state index is -0.111. The molecule has 6 nitrogen and oxygen atoms in total. The summed E-state index contributed by atoms with van der Waals surface area (Å²) in [5.74, 6) is -0.111. The Hall–Kier alpha value is -1.66. The van der Waals surface area contributed by atoms with Gasteiger partial charge in [-0.1, -0.05) is 6.58 Å². The van der Waals surface area contributed by atoms with Crippen LogP contribution in [0, 0.1) is 0 Å². The molecule has 6 heteroatoms. The molecule has 1 aliphatic heterocycles. The van der Waals surface area contributed by atoms with E-state index in [1.165, 1.54) is 10.9 Å². The van der Waals surface area contributed by atoms with E-state index in [0.29, 0.717) is 18.2 Å². The maximum Gasteiger partial charge on any atom is 0.254 e. The second kappa shape index (κ2) is 7.38. The molecular formula is C15H24N4O2. The van der Waals surface area contributed by atoms with Crippen LogP contribution in [0.15, 0.2) is 19.0 Å². The summed E-state index contributed by atoms with van der Waals surface area (Å²) < 4.78 is 7.26. The van der Waals surface area contributed by atoms with E-state index in [1.807, 2.05) is 0 Å². The molecule has 1 aromatic rings. The van der Waals surface area contributed by atoms with Crippen LogP contribution in [0.2, 0.25) is 0 Å². The van der Waals surface area contributed by atoms with E-state index in [9.17, 15) is 4.79 Å². The Balaban J connectivity index is 1.73. The van der Waals surface area contributed by atoms with Crippen LogP contribution in [0.1, 0.15) is 30.6 Å². The Labute approximate surface area is 125 Å². The maximum atomic E-state index is 11.9. The molecule has 116 valence electrons. The van der Waals surface area contributed by atoms with Gasteiger partial charge in [0.1, 0.15) is 0 Å². The van der Waals surface area contributed by atoms with Crippen LogP contribution in [0.4, 0.5) is 0 Å². The Morgan fingerprint density at radius 2 is 2.48 bits per heavy atom. The molecule has 0 aliphatic carbocycles. The number of hydrogen-bond donors (Lipinski definition) is 1. The van der Waals surface area contributed by atoms with Crippen molar-refractivity contribution in [2.24, 2.45) is 0 Å². The minimum absolute atomic E-state index is 0.111. The lowest BCUT2D eigenvalue weighted by molar-refractivity contribution is -0.0412. The molecule has 2 heterocycles. The molecule has 21 heavy (non-hydrogen) atoms. The van der Waals surface area contributed by atoms with E-state index < -0.39 is 0 Å². The van der Waals surface area contributed by atoms with Crippen molar-refractivity contribution in [2.75, 3.05) is 26.2 Å². The summed E-state index contributed by atoms with van der Waals surface area (Å²) in [7, 11) is 0. The van der Waals surface area contributed by atoms with Crippen molar-refractivity contribution >= 4 is 12.1 Å². The zero-order valence-corrected chi connectivity index (χ0v) is 12.8. The second-order valence-electron chi connectivity index (χ2n) is 5.52. The van der Waals surface area contributed by atoms with E-state index in [0.717, 1.165) is 26.1 Å². The van der Waals surface area contributed by atoms with Gasteiger partial charge in [-0.15, -0.1) is 0 Å². The first-order valence-electron chi connectivity index (χ1n) is 7.40. The highest BCUT2D eigenvalue weighted by atomic mass is 16.5. The van der Waals surface area contributed by atoms with E-state index in [4.69, 9.17) is 4.74 Å². The van der Waals surface area contributed by atoms with Gasteiger partial charge in [0.2, 0.25) is 0 Å². The van der Waals surface area contributed by atoms with Gasteiger partial charge in [-0.2, -0.15) is 5.10 Å². The molecule has 0 bridgehead atoms. The van der Waals surface area contributed by atoms with Crippen LogP contribution in [0.5, 0.6) is 0 Å². The van der Waals surface area contributed by atoms with E-state index in [1.54, 1.807) is 12.4 Å². The fourth-order valence-electron chi connectivity index (χ4n) is 2.39. The van der Waals surface area contributed by atoms with E-state index in [2.05, 4.69) is 35.7 Å². The molecule has 1 N–H and O–H groups in total. The Bertz CT molecular complexity index is 484. The van der Waals surface area contributed by atoms with E-state index in [-0.39, 0.29) is 12.0 Å². The van der Waals surface area contributed by atoms with Gasteiger partial charge in [0, 0.05) is 38.1 Å². The van der Waals surface area contributed by atoms with Crippen molar-refractivity contribution in [3.63, 3.8) is 0 Å². The number of amides is 1. The smallest absolute Gasteiger partial charge is 0.254 e. The standard InChI is InChI=1S/C15H24N4O2/c1-4-19-10-13(9-17-19)15(20)16-6-5-14-11-18(12(2)3)7-8-21-14/h4,9-10,12,14H,1,5-8,11H2,2-3H3,(H,16,20)/t14-/m0/s1. The predicted molar refractivity (Wildman–Crippen MR) is 82.0 cm³/mol. The lowest BCUT2D eigenvalue weighted by Gasteiger charge is -2.35. The summed E-state index contributed by atoms with van der Waals surface area (Å²) in [5.41, 5.74) is 0.545. The summed E-state index contributed by atoms with van der Waals surface area (Å²) >= 11 is 0. The van der Waals surface area contributed by atoms with Gasteiger partial charge in [-0.3, -0.25) is 9.69 Å². The number of aromatic nitrogens is 2. The zero-order valence-electron chi connectivity index (χ0n) is 12.8. The topological polar surface area (TPSA) is 59.4 Å². The molecule has 0 spiro atoms. The minimum Gasteiger partial charge on any atom is -0.375 e. The number of rotatable bonds is 6. The van der Waals surface area contributed by atoms with Crippen molar-refractivity contribution in [1.29, 1.82) is 0 Å². The number of carbonyl (C=O) groups excluding carboxylic acids is 1. The van der Waals surface area contributed by atoms with Gasteiger partial charge >= 0.3 is 0 Å². The fourth-order valence-corrected chi connectivity index (χ4v) is 2.39. The van der Waals surface area contributed by atoms with Crippen molar-refractivity contribution in [2.45, 2.75) is 32.4 Å². The third-order valence-corrected chi connectivity index (χ3v) is 3.70. The molecule has 0 saturated carbocycles. The van der Waals surface area contributed by atoms with Crippen LogP contribution in [0.3, 0.4) is 0 Å². The highest BCUT2D eigenvalue weighted by Gasteiger charge is 2.22. The van der Waals surface area contributed by atoms with Crippen molar-refractivity contribution < 1.29 is 9.53 Å². The van der Waals surface area contributed by atoms with Crippen molar-refractivity contribution in [1.82, 2.24) is 20.0 Å². The summed E-state index contributed by atoms with van der Waals surface area (Å²) in [6, 6.07) is 0.538. The lowest BCUT2D eigenvalue weighted by atomic mass is 10.1. The number of nitrogens with zero attached hydrogens (tertiary/aromatic N) is 3.